The summed E-state index contributed by atoms with van der Waals surface area (Å²) >= 11 is 2.06. The summed E-state index contributed by atoms with van der Waals surface area (Å²) < 4.78 is 11.2. The zero-order valence-electron chi connectivity index (χ0n) is 13.4. The summed E-state index contributed by atoms with van der Waals surface area (Å²) in [5, 5.41) is 2.76. The third-order valence-electron chi connectivity index (χ3n) is 2.88. The molecule has 0 heterocycles. The normalized spacial score (nSPS) is 10.3. The van der Waals surface area contributed by atoms with Crippen LogP contribution in [0.4, 0.5) is 0 Å². The van der Waals surface area contributed by atoms with E-state index in [1.54, 1.807) is 19.2 Å². The standard InChI is InChI=1S/C15H21IN2O4/c1-9(2)17-14(19)8-18(3)15(20)10-6-12(21-4)13(22-5)7-11(10)16/h6-7,9H,8H2,1-5H3,(H,17,19). The molecule has 0 aliphatic heterocycles. The SMILES string of the molecule is COc1cc(I)c(C(=O)N(C)CC(=O)NC(C)C)cc1OC. The summed E-state index contributed by atoms with van der Waals surface area (Å²) in [5.74, 6) is 0.598. The van der Waals surface area contributed by atoms with E-state index >= 15 is 0 Å². The van der Waals surface area contributed by atoms with Crippen LogP contribution in [0.1, 0.15) is 24.2 Å². The zero-order valence-corrected chi connectivity index (χ0v) is 15.6. The first-order valence-electron chi connectivity index (χ1n) is 6.76. The number of nitrogens with one attached hydrogen (secondary N) is 1. The quantitative estimate of drug-likeness (QED) is 0.715. The van der Waals surface area contributed by atoms with Crippen LogP contribution in [0, 0.1) is 3.57 Å². The van der Waals surface area contributed by atoms with E-state index in [9.17, 15) is 9.59 Å². The fraction of sp³-hybridized carbons (Fsp3) is 0.467. The lowest BCUT2D eigenvalue weighted by atomic mass is 10.1. The molecule has 1 aromatic rings. The Morgan fingerprint density at radius 3 is 2.27 bits per heavy atom. The first-order chi connectivity index (χ1) is 10.3. The van der Waals surface area contributed by atoms with Crippen LogP contribution in [-0.4, -0.2) is 50.6 Å². The molecule has 0 spiro atoms. The molecule has 0 aliphatic rings. The van der Waals surface area contributed by atoms with Gasteiger partial charge in [-0.3, -0.25) is 9.59 Å². The molecule has 7 heteroatoms. The Morgan fingerprint density at radius 2 is 1.77 bits per heavy atom. The second-order valence-corrected chi connectivity index (χ2v) is 6.23. The minimum absolute atomic E-state index is 0.00143. The van der Waals surface area contributed by atoms with Gasteiger partial charge in [-0.2, -0.15) is 0 Å². The number of hydrogen-bond acceptors (Lipinski definition) is 4. The maximum absolute atomic E-state index is 12.5. The highest BCUT2D eigenvalue weighted by Gasteiger charge is 2.20. The van der Waals surface area contributed by atoms with Crippen molar-refractivity contribution in [3.05, 3.63) is 21.3 Å². The van der Waals surface area contributed by atoms with Crippen molar-refractivity contribution in [3.63, 3.8) is 0 Å². The van der Waals surface area contributed by atoms with Gasteiger partial charge in [0.05, 0.1) is 26.3 Å². The molecule has 22 heavy (non-hydrogen) atoms. The molecule has 1 N–H and O–H groups in total. The van der Waals surface area contributed by atoms with Crippen molar-refractivity contribution in [3.8, 4) is 11.5 Å². The van der Waals surface area contributed by atoms with Crippen LogP contribution >= 0.6 is 22.6 Å². The molecule has 0 saturated heterocycles. The monoisotopic (exact) mass is 420 g/mol. The second kappa shape index (κ2) is 8.21. The van der Waals surface area contributed by atoms with E-state index in [2.05, 4.69) is 27.9 Å². The van der Waals surface area contributed by atoms with Crippen molar-refractivity contribution in [1.29, 1.82) is 0 Å². The van der Waals surface area contributed by atoms with Gasteiger partial charge in [-0.25, -0.2) is 0 Å². The molecular weight excluding hydrogens is 399 g/mol. The van der Waals surface area contributed by atoms with E-state index in [4.69, 9.17) is 9.47 Å². The predicted octanol–water partition coefficient (Wildman–Crippen LogP) is 1.91. The van der Waals surface area contributed by atoms with Crippen molar-refractivity contribution in [2.24, 2.45) is 0 Å². The van der Waals surface area contributed by atoms with Crippen molar-refractivity contribution in [1.82, 2.24) is 10.2 Å². The van der Waals surface area contributed by atoms with Gasteiger partial charge in [0, 0.05) is 16.7 Å². The molecule has 6 nitrogen and oxygen atoms in total. The predicted molar refractivity (Wildman–Crippen MR) is 92.5 cm³/mol. The molecule has 1 rings (SSSR count). The average molecular weight is 420 g/mol. The molecule has 0 radical (unpaired) electrons. The first kappa shape index (κ1) is 18.5. The minimum Gasteiger partial charge on any atom is -0.493 e. The molecule has 0 bridgehead atoms. The maximum atomic E-state index is 12.5. The van der Waals surface area contributed by atoms with Crippen LogP contribution < -0.4 is 14.8 Å². The van der Waals surface area contributed by atoms with E-state index in [1.807, 2.05) is 13.8 Å². The Bertz CT molecular complexity index is 561. The number of ether oxygens (including phenoxy) is 2. The molecule has 0 unspecified atom stereocenters. The van der Waals surface area contributed by atoms with E-state index in [1.165, 1.54) is 19.1 Å². The number of halogens is 1. The summed E-state index contributed by atoms with van der Waals surface area (Å²) in [7, 11) is 4.64. The number of likely N-dealkylation sites (N-methyl/N-ethyl adjacent to an activating group) is 1. The van der Waals surface area contributed by atoms with Crippen LogP contribution in [0.25, 0.3) is 0 Å². The number of methoxy groups -OCH3 is 2. The third kappa shape index (κ3) is 4.75. The van der Waals surface area contributed by atoms with Crippen molar-refractivity contribution < 1.29 is 19.1 Å². The zero-order chi connectivity index (χ0) is 16.9. The Balaban J connectivity index is 2.95. The number of hydrogen-bond donors (Lipinski definition) is 1. The molecular formula is C15H21IN2O4. The number of benzene rings is 1. The summed E-state index contributed by atoms with van der Waals surface area (Å²) in [5.41, 5.74) is 0.470. The molecule has 1 aromatic carbocycles. The molecule has 0 atom stereocenters. The highest BCUT2D eigenvalue weighted by atomic mass is 127. The van der Waals surface area contributed by atoms with Crippen LogP contribution in [0.3, 0.4) is 0 Å². The van der Waals surface area contributed by atoms with E-state index in [0.717, 1.165) is 3.57 Å². The van der Waals surface area contributed by atoms with Crippen molar-refractivity contribution in [2.45, 2.75) is 19.9 Å². The minimum atomic E-state index is -0.246. The van der Waals surface area contributed by atoms with Gasteiger partial charge in [-0.1, -0.05) is 0 Å². The lowest BCUT2D eigenvalue weighted by Gasteiger charge is -2.19. The van der Waals surface area contributed by atoms with Crippen molar-refractivity contribution >= 4 is 34.4 Å². The fourth-order valence-electron chi connectivity index (χ4n) is 1.88. The van der Waals surface area contributed by atoms with Gasteiger partial charge in [-0.05, 0) is 48.6 Å². The Labute approximate surface area is 144 Å². The van der Waals surface area contributed by atoms with E-state index < -0.39 is 0 Å². The second-order valence-electron chi connectivity index (χ2n) is 5.07. The van der Waals surface area contributed by atoms with Gasteiger partial charge >= 0.3 is 0 Å². The van der Waals surface area contributed by atoms with Gasteiger partial charge in [0.15, 0.2) is 11.5 Å². The Kier molecular flexibility index (Phi) is 6.92. The number of rotatable bonds is 6. The molecule has 0 saturated carbocycles. The Morgan fingerprint density at radius 1 is 1.23 bits per heavy atom. The van der Waals surface area contributed by atoms with Crippen LogP contribution in [-0.2, 0) is 4.79 Å². The lowest BCUT2D eigenvalue weighted by Crippen LogP contribution is -2.41. The van der Waals surface area contributed by atoms with Gasteiger partial charge in [0.1, 0.15) is 0 Å². The maximum Gasteiger partial charge on any atom is 0.255 e. The van der Waals surface area contributed by atoms with Gasteiger partial charge < -0.3 is 19.7 Å². The first-order valence-corrected chi connectivity index (χ1v) is 7.84. The molecule has 0 fully saturated rings. The molecule has 2 amide bonds. The van der Waals surface area contributed by atoms with Gasteiger partial charge in [0.25, 0.3) is 5.91 Å². The third-order valence-corrected chi connectivity index (χ3v) is 3.77. The topological polar surface area (TPSA) is 67.9 Å². The van der Waals surface area contributed by atoms with Crippen LogP contribution in [0.2, 0.25) is 0 Å². The summed E-state index contributed by atoms with van der Waals surface area (Å²) in [6, 6.07) is 3.39. The van der Waals surface area contributed by atoms with E-state index in [0.29, 0.717) is 17.1 Å². The molecule has 0 aliphatic carbocycles. The summed E-state index contributed by atoms with van der Waals surface area (Å²) in [6.45, 7) is 3.75. The average Bonchev–Trinajstić information content (AvgIpc) is 2.45. The van der Waals surface area contributed by atoms with Crippen molar-refractivity contribution in [2.75, 3.05) is 27.8 Å². The molecule has 122 valence electrons. The number of carbonyl (C=O) groups excluding carboxylic acids is 2. The number of amides is 2. The highest BCUT2D eigenvalue weighted by molar-refractivity contribution is 14.1. The summed E-state index contributed by atoms with van der Waals surface area (Å²) in [4.78, 5) is 25.6. The lowest BCUT2D eigenvalue weighted by molar-refractivity contribution is -0.122. The molecule has 0 aromatic heterocycles. The largest absolute Gasteiger partial charge is 0.493 e. The fourth-order valence-corrected chi connectivity index (χ4v) is 2.55. The van der Waals surface area contributed by atoms with Gasteiger partial charge in [-0.15, -0.1) is 0 Å². The van der Waals surface area contributed by atoms with Crippen LogP contribution in [0.15, 0.2) is 12.1 Å². The highest BCUT2D eigenvalue weighted by Crippen LogP contribution is 2.31. The summed E-state index contributed by atoms with van der Waals surface area (Å²) in [6.07, 6.45) is 0. The number of carbonyl (C=O) groups is 2. The van der Waals surface area contributed by atoms with Gasteiger partial charge in [0.2, 0.25) is 5.91 Å². The van der Waals surface area contributed by atoms with E-state index in [-0.39, 0.29) is 24.4 Å². The number of nitrogens with zero attached hydrogens (tertiary/aromatic N) is 1. The Hall–Kier alpha value is -1.51. The smallest absolute Gasteiger partial charge is 0.255 e. The van der Waals surface area contributed by atoms with Crippen LogP contribution in [0.5, 0.6) is 11.5 Å².